The normalized spacial score (nSPS) is 10.9. The fourth-order valence-electron chi connectivity index (χ4n) is 1.98. The topological polar surface area (TPSA) is 29.1 Å². The van der Waals surface area contributed by atoms with Crippen LogP contribution in [0.4, 0.5) is 5.69 Å². The number of hydrogen-bond donors (Lipinski definition) is 1. The number of benzene rings is 2. The summed E-state index contributed by atoms with van der Waals surface area (Å²) >= 11 is 12.0. The van der Waals surface area contributed by atoms with Gasteiger partial charge in [-0.05, 0) is 54.8 Å². The lowest BCUT2D eigenvalue weighted by molar-refractivity contribution is -0.111. The molecule has 21 heavy (non-hydrogen) atoms. The van der Waals surface area contributed by atoms with Gasteiger partial charge >= 0.3 is 0 Å². The predicted molar refractivity (Wildman–Crippen MR) is 90.0 cm³/mol. The van der Waals surface area contributed by atoms with Crippen molar-refractivity contribution >= 4 is 40.9 Å². The standard InChI is InChI=1S/C17H15Cl2NO/c1-11-9-12(2)17(15(19)10-11)20-16(21)8-5-13-3-6-14(18)7-4-13/h3-10H,1-2H3,(H,20,21)/b8-5-. The fraction of sp³-hybridized carbons (Fsp3) is 0.118. The van der Waals surface area contributed by atoms with Crippen LogP contribution in [-0.4, -0.2) is 5.91 Å². The molecule has 0 fully saturated rings. The molecular weight excluding hydrogens is 305 g/mol. The highest BCUT2D eigenvalue weighted by molar-refractivity contribution is 6.34. The summed E-state index contributed by atoms with van der Waals surface area (Å²) in [7, 11) is 0. The highest BCUT2D eigenvalue weighted by Crippen LogP contribution is 2.27. The van der Waals surface area contributed by atoms with Crippen LogP contribution in [0.3, 0.4) is 0 Å². The number of rotatable bonds is 3. The second-order valence-corrected chi connectivity index (χ2v) is 5.66. The van der Waals surface area contributed by atoms with Gasteiger partial charge in [-0.3, -0.25) is 4.79 Å². The molecular formula is C17H15Cl2NO. The van der Waals surface area contributed by atoms with Crippen molar-refractivity contribution in [3.05, 3.63) is 69.2 Å². The van der Waals surface area contributed by atoms with Crippen LogP contribution in [-0.2, 0) is 4.79 Å². The van der Waals surface area contributed by atoms with Crippen LogP contribution >= 0.6 is 23.2 Å². The van der Waals surface area contributed by atoms with Crippen molar-refractivity contribution in [2.24, 2.45) is 0 Å². The molecule has 0 aliphatic carbocycles. The molecule has 2 rings (SSSR count). The maximum Gasteiger partial charge on any atom is 0.248 e. The van der Waals surface area contributed by atoms with E-state index in [2.05, 4.69) is 5.32 Å². The summed E-state index contributed by atoms with van der Waals surface area (Å²) in [5.74, 6) is -0.223. The van der Waals surface area contributed by atoms with Gasteiger partial charge in [0.2, 0.25) is 5.91 Å². The summed E-state index contributed by atoms with van der Waals surface area (Å²) in [5, 5.41) is 4.01. The van der Waals surface area contributed by atoms with Crippen molar-refractivity contribution in [2.45, 2.75) is 13.8 Å². The molecule has 0 bridgehead atoms. The Balaban J connectivity index is 2.10. The number of carbonyl (C=O) groups excluding carboxylic acids is 1. The van der Waals surface area contributed by atoms with Crippen molar-refractivity contribution in [2.75, 3.05) is 5.32 Å². The Morgan fingerprint density at radius 1 is 1.10 bits per heavy atom. The number of anilines is 1. The maximum atomic E-state index is 12.0. The molecule has 2 aromatic carbocycles. The molecule has 2 nitrogen and oxygen atoms in total. The van der Waals surface area contributed by atoms with Crippen molar-refractivity contribution < 1.29 is 4.79 Å². The fourth-order valence-corrected chi connectivity index (χ4v) is 2.48. The molecule has 4 heteroatoms. The minimum absolute atomic E-state index is 0.223. The number of carbonyl (C=O) groups is 1. The first-order valence-corrected chi connectivity index (χ1v) is 7.22. The molecule has 0 unspecified atom stereocenters. The molecule has 1 amide bonds. The lowest BCUT2D eigenvalue weighted by atomic mass is 10.1. The Kier molecular flexibility index (Phi) is 5.05. The van der Waals surface area contributed by atoms with Gasteiger partial charge in [0, 0.05) is 11.1 Å². The zero-order chi connectivity index (χ0) is 15.4. The first kappa shape index (κ1) is 15.6. The second-order valence-electron chi connectivity index (χ2n) is 4.81. The van der Waals surface area contributed by atoms with E-state index in [9.17, 15) is 4.79 Å². The summed E-state index contributed by atoms with van der Waals surface area (Å²) < 4.78 is 0. The largest absolute Gasteiger partial charge is 0.321 e. The monoisotopic (exact) mass is 319 g/mol. The first-order valence-electron chi connectivity index (χ1n) is 6.47. The van der Waals surface area contributed by atoms with Gasteiger partial charge in [0.15, 0.2) is 0 Å². The Morgan fingerprint density at radius 2 is 1.76 bits per heavy atom. The summed E-state index contributed by atoms with van der Waals surface area (Å²) in [6.45, 7) is 3.88. The first-order chi connectivity index (χ1) is 9.95. The van der Waals surface area contributed by atoms with Crippen LogP contribution in [0.2, 0.25) is 10.0 Å². The van der Waals surface area contributed by atoms with Crippen molar-refractivity contribution in [1.29, 1.82) is 0 Å². The molecule has 0 aliphatic rings. The average molecular weight is 320 g/mol. The molecule has 0 spiro atoms. The molecule has 0 heterocycles. The molecule has 0 atom stereocenters. The molecule has 0 aromatic heterocycles. The molecule has 0 saturated carbocycles. The van der Waals surface area contributed by atoms with Gasteiger partial charge in [-0.15, -0.1) is 0 Å². The zero-order valence-electron chi connectivity index (χ0n) is 11.8. The quantitative estimate of drug-likeness (QED) is 0.768. The van der Waals surface area contributed by atoms with Crippen LogP contribution < -0.4 is 5.32 Å². The summed E-state index contributed by atoms with van der Waals surface area (Å²) in [6, 6.07) is 11.0. The summed E-state index contributed by atoms with van der Waals surface area (Å²) in [5.41, 5.74) is 3.55. The molecule has 1 N–H and O–H groups in total. The van der Waals surface area contributed by atoms with Gasteiger partial charge in [-0.25, -0.2) is 0 Å². The zero-order valence-corrected chi connectivity index (χ0v) is 13.3. The minimum atomic E-state index is -0.223. The van der Waals surface area contributed by atoms with Crippen LogP contribution in [0.25, 0.3) is 6.08 Å². The van der Waals surface area contributed by atoms with E-state index >= 15 is 0 Å². The average Bonchev–Trinajstić information content (AvgIpc) is 2.42. The second kappa shape index (κ2) is 6.79. The smallest absolute Gasteiger partial charge is 0.248 e. The Hall–Kier alpha value is -1.77. The molecule has 0 aliphatic heterocycles. The van der Waals surface area contributed by atoms with Crippen molar-refractivity contribution in [3.63, 3.8) is 0 Å². The Labute approximate surface area is 134 Å². The minimum Gasteiger partial charge on any atom is -0.321 e. The Morgan fingerprint density at radius 3 is 2.38 bits per heavy atom. The molecule has 108 valence electrons. The van der Waals surface area contributed by atoms with Gasteiger partial charge in [0.1, 0.15) is 0 Å². The highest BCUT2D eigenvalue weighted by atomic mass is 35.5. The molecule has 0 saturated heterocycles. The van der Waals surface area contributed by atoms with E-state index in [1.807, 2.05) is 38.1 Å². The van der Waals surface area contributed by atoms with E-state index < -0.39 is 0 Å². The number of halogens is 2. The summed E-state index contributed by atoms with van der Waals surface area (Å²) in [6.07, 6.45) is 3.20. The van der Waals surface area contributed by atoms with Gasteiger partial charge in [-0.1, -0.05) is 41.4 Å². The number of amides is 1. The lowest BCUT2D eigenvalue weighted by Gasteiger charge is -2.10. The molecule has 2 aromatic rings. The lowest BCUT2D eigenvalue weighted by Crippen LogP contribution is -2.09. The SMILES string of the molecule is Cc1cc(C)c(NC(=O)/C=C\c2ccc(Cl)cc2)c(Cl)c1. The van der Waals surface area contributed by atoms with E-state index in [1.54, 1.807) is 18.2 Å². The van der Waals surface area contributed by atoms with Crippen LogP contribution in [0.1, 0.15) is 16.7 Å². The Bertz CT molecular complexity index is 667. The number of aryl methyl sites for hydroxylation is 2. The third kappa shape index (κ3) is 4.35. The van der Waals surface area contributed by atoms with Gasteiger partial charge < -0.3 is 5.32 Å². The van der Waals surface area contributed by atoms with Crippen LogP contribution in [0.15, 0.2) is 42.5 Å². The van der Waals surface area contributed by atoms with Crippen molar-refractivity contribution in [1.82, 2.24) is 0 Å². The third-order valence-electron chi connectivity index (χ3n) is 2.98. The van der Waals surface area contributed by atoms with Crippen LogP contribution in [0, 0.1) is 13.8 Å². The van der Waals surface area contributed by atoms with Crippen LogP contribution in [0.5, 0.6) is 0 Å². The molecule has 0 radical (unpaired) electrons. The number of nitrogens with one attached hydrogen (secondary N) is 1. The van der Waals surface area contributed by atoms with Gasteiger partial charge in [0.05, 0.1) is 10.7 Å². The predicted octanol–water partition coefficient (Wildman–Crippen LogP) is 5.26. The van der Waals surface area contributed by atoms with Gasteiger partial charge in [-0.2, -0.15) is 0 Å². The van der Waals surface area contributed by atoms with E-state index in [0.717, 1.165) is 16.7 Å². The highest BCUT2D eigenvalue weighted by Gasteiger charge is 2.07. The summed E-state index contributed by atoms with van der Waals surface area (Å²) in [4.78, 5) is 12.0. The van der Waals surface area contributed by atoms with E-state index in [4.69, 9.17) is 23.2 Å². The van der Waals surface area contributed by atoms with E-state index in [0.29, 0.717) is 15.7 Å². The van der Waals surface area contributed by atoms with E-state index in [-0.39, 0.29) is 5.91 Å². The number of hydrogen-bond acceptors (Lipinski definition) is 1. The van der Waals surface area contributed by atoms with Gasteiger partial charge in [0.25, 0.3) is 0 Å². The van der Waals surface area contributed by atoms with E-state index in [1.165, 1.54) is 6.08 Å². The maximum absolute atomic E-state index is 12.0. The van der Waals surface area contributed by atoms with Crippen molar-refractivity contribution in [3.8, 4) is 0 Å². The third-order valence-corrected chi connectivity index (χ3v) is 3.53.